The third-order valence-electron chi connectivity index (χ3n) is 2.02. The minimum atomic E-state index is -1.43. The minimum Gasteiger partial charge on any atom is -0.467 e. The second kappa shape index (κ2) is 5.95. The van der Waals surface area contributed by atoms with Gasteiger partial charge in [0.2, 0.25) is 0 Å². The van der Waals surface area contributed by atoms with E-state index in [4.69, 9.17) is 0 Å². The first-order valence-electron chi connectivity index (χ1n) is 4.84. The molecule has 0 saturated carbocycles. The van der Waals surface area contributed by atoms with Crippen molar-refractivity contribution in [1.82, 2.24) is 5.32 Å². The van der Waals surface area contributed by atoms with Gasteiger partial charge in [0.15, 0.2) is 6.10 Å². The van der Waals surface area contributed by atoms with Gasteiger partial charge in [-0.3, -0.25) is 4.79 Å². The Morgan fingerprint density at radius 1 is 1.53 bits per heavy atom. The molecule has 0 fully saturated rings. The monoisotopic (exact) mass is 241 g/mol. The predicted octanol–water partition coefficient (Wildman–Crippen LogP) is 0.0894. The molecule has 0 bridgehead atoms. The highest BCUT2D eigenvalue weighted by molar-refractivity contribution is 5.94. The molecule has 17 heavy (non-hydrogen) atoms. The molecule has 0 aliphatic rings. The van der Waals surface area contributed by atoms with Gasteiger partial charge < -0.3 is 15.2 Å². The van der Waals surface area contributed by atoms with E-state index in [1.807, 2.05) is 0 Å². The molecular weight excluding hydrogens is 229 g/mol. The Bertz CT molecular complexity index is 422. The van der Waals surface area contributed by atoms with Crippen LogP contribution in [0.1, 0.15) is 10.4 Å². The van der Waals surface area contributed by atoms with Crippen molar-refractivity contribution in [3.8, 4) is 0 Å². The normalized spacial score (nSPS) is 11.7. The Morgan fingerprint density at radius 2 is 2.24 bits per heavy atom. The SMILES string of the molecule is COC(=O)C(O)CNC(=O)c1cccc(F)c1. The number of carbonyl (C=O) groups is 2. The van der Waals surface area contributed by atoms with Gasteiger partial charge in [-0.25, -0.2) is 9.18 Å². The van der Waals surface area contributed by atoms with Crippen molar-refractivity contribution in [1.29, 1.82) is 0 Å². The molecule has 0 aliphatic carbocycles. The number of carbonyl (C=O) groups excluding carboxylic acids is 2. The number of rotatable bonds is 4. The molecule has 92 valence electrons. The maximum atomic E-state index is 12.8. The number of esters is 1. The van der Waals surface area contributed by atoms with Crippen molar-refractivity contribution in [2.24, 2.45) is 0 Å². The van der Waals surface area contributed by atoms with Crippen LogP contribution >= 0.6 is 0 Å². The van der Waals surface area contributed by atoms with E-state index < -0.39 is 23.8 Å². The zero-order valence-electron chi connectivity index (χ0n) is 9.14. The van der Waals surface area contributed by atoms with Crippen LogP contribution in [0, 0.1) is 5.82 Å². The Labute approximate surface area is 97.2 Å². The second-order valence-electron chi connectivity index (χ2n) is 3.26. The molecule has 0 aliphatic heterocycles. The molecule has 0 aromatic heterocycles. The molecule has 1 rings (SSSR count). The first-order chi connectivity index (χ1) is 8.04. The van der Waals surface area contributed by atoms with Crippen LogP contribution in [0.15, 0.2) is 24.3 Å². The van der Waals surface area contributed by atoms with Crippen LogP contribution in [-0.2, 0) is 9.53 Å². The van der Waals surface area contributed by atoms with E-state index in [1.54, 1.807) is 0 Å². The number of hydrogen-bond donors (Lipinski definition) is 2. The fourth-order valence-corrected chi connectivity index (χ4v) is 1.14. The van der Waals surface area contributed by atoms with E-state index in [1.165, 1.54) is 18.2 Å². The van der Waals surface area contributed by atoms with Crippen LogP contribution in [-0.4, -0.2) is 36.7 Å². The van der Waals surface area contributed by atoms with E-state index in [-0.39, 0.29) is 12.1 Å². The molecule has 5 nitrogen and oxygen atoms in total. The van der Waals surface area contributed by atoms with Crippen LogP contribution in [0.25, 0.3) is 0 Å². The van der Waals surface area contributed by atoms with Crippen molar-refractivity contribution >= 4 is 11.9 Å². The number of benzene rings is 1. The molecule has 1 amide bonds. The van der Waals surface area contributed by atoms with Crippen molar-refractivity contribution < 1.29 is 23.8 Å². The van der Waals surface area contributed by atoms with Crippen LogP contribution in [0.2, 0.25) is 0 Å². The lowest BCUT2D eigenvalue weighted by atomic mass is 10.2. The Balaban J connectivity index is 2.53. The second-order valence-corrected chi connectivity index (χ2v) is 3.26. The zero-order chi connectivity index (χ0) is 12.8. The number of aliphatic hydroxyl groups excluding tert-OH is 1. The zero-order valence-corrected chi connectivity index (χ0v) is 9.14. The first-order valence-corrected chi connectivity index (χ1v) is 4.84. The first kappa shape index (κ1) is 13.1. The standard InChI is InChI=1S/C11H12FNO4/c1-17-11(16)9(14)6-13-10(15)7-3-2-4-8(12)5-7/h2-5,9,14H,6H2,1H3,(H,13,15). The quantitative estimate of drug-likeness (QED) is 0.732. The van der Waals surface area contributed by atoms with Crippen LogP contribution in [0.3, 0.4) is 0 Å². The number of ether oxygens (including phenoxy) is 1. The third-order valence-corrected chi connectivity index (χ3v) is 2.02. The summed E-state index contributed by atoms with van der Waals surface area (Å²) in [5.74, 6) is -1.96. The smallest absolute Gasteiger partial charge is 0.336 e. The molecule has 1 atom stereocenters. The third kappa shape index (κ3) is 3.84. The Morgan fingerprint density at radius 3 is 2.82 bits per heavy atom. The van der Waals surface area contributed by atoms with E-state index in [2.05, 4.69) is 10.1 Å². The van der Waals surface area contributed by atoms with E-state index in [9.17, 15) is 19.1 Å². The van der Waals surface area contributed by atoms with Gasteiger partial charge in [-0.2, -0.15) is 0 Å². The number of aliphatic hydroxyl groups is 1. The van der Waals surface area contributed by atoms with Crippen molar-refractivity contribution in [2.45, 2.75) is 6.10 Å². The van der Waals surface area contributed by atoms with Crippen LogP contribution in [0.5, 0.6) is 0 Å². The van der Waals surface area contributed by atoms with Gasteiger partial charge in [-0.1, -0.05) is 6.07 Å². The largest absolute Gasteiger partial charge is 0.467 e. The van der Waals surface area contributed by atoms with E-state index >= 15 is 0 Å². The van der Waals surface area contributed by atoms with Gasteiger partial charge in [-0.05, 0) is 18.2 Å². The summed E-state index contributed by atoms with van der Waals surface area (Å²) < 4.78 is 17.1. The highest BCUT2D eigenvalue weighted by Gasteiger charge is 2.16. The van der Waals surface area contributed by atoms with Gasteiger partial charge >= 0.3 is 5.97 Å². The average Bonchev–Trinajstić information content (AvgIpc) is 2.34. The molecule has 1 aromatic rings. The fourth-order valence-electron chi connectivity index (χ4n) is 1.14. The molecule has 0 saturated heterocycles. The predicted molar refractivity (Wildman–Crippen MR) is 56.8 cm³/mol. The number of hydrogen-bond acceptors (Lipinski definition) is 4. The highest BCUT2D eigenvalue weighted by Crippen LogP contribution is 2.03. The summed E-state index contributed by atoms with van der Waals surface area (Å²) in [4.78, 5) is 22.3. The number of methoxy groups -OCH3 is 1. The van der Waals surface area contributed by atoms with Gasteiger partial charge in [0.25, 0.3) is 5.91 Å². The number of nitrogens with one attached hydrogen (secondary N) is 1. The molecule has 1 unspecified atom stereocenters. The molecule has 0 heterocycles. The summed E-state index contributed by atoms with van der Waals surface area (Å²) in [6, 6.07) is 5.07. The lowest BCUT2D eigenvalue weighted by Gasteiger charge is -2.09. The summed E-state index contributed by atoms with van der Waals surface area (Å²) in [6.45, 7) is -0.290. The van der Waals surface area contributed by atoms with Gasteiger partial charge in [0, 0.05) is 5.56 Å². The maximum absolute atomic E-state index is 12.8. The lowest BCUT2D eigenvalue weighted by Crippen LogP contribution is -2.37. The molecule has 2 N–H and O–H groups in total. The summed E-state index contributed by atoms with van der Waals surface area (Å²) in [6.07, 6.45) is -1.43. The minimum absolute atomic E-state index is 0.113. The van der Waals surface area contributed by atoms with E-state index in [0.29, 0.717) is 0 Å². The summed E-state index contributed by atoms with van der Waals surface area (Å²) in [7, 11) is 1.12. The molecule has 0 spiro atoms. The lowest BCUT2D eigenvalue weighted by molar-refractivity contribution is -0.149. The van der Waals surface area contributed by atoms with Crippen molar-refractivity contribution in [3.63, 3.8) is 0 Å². The summed E-state index contributed by atoms with van der Waals surface area (Å²) >= 11 is 0. The van der Waals surface area contributed by atoms with E-state index in [0.717, 1.165) is 13.2 Å². The molecule has 0 radical (unpaired) electrons. The highest BCUT2D eigenvalue weighted by atomic mass is 19.1. The Hall–Kier alpha value is -1.95. The van der Waals surface area contributed by atoms with Gasteiger partial charge in [0.1, 0.15) is 5.82 Å². The summed E-state index contributed by atoms with van der Waals surface area (Å²) in [5, 5.41) is 11.5. The number of halogens is 1. The molecule has 6 heteroatoms. The van der Waals surface area contributed by atoms with Crippen LogP contribution in [0.4, 0.5) is 4.39 Å². The van der Waals surface area contributed by atoms with Gasteiger partial charge in [0.05, 0.1) is 13.7 Å². The van der Waals surface area contributed by atoms with Gasteiger partial charge in [-0.15, -0.1) is 0 Å². The Kier molecular flexibility index (Phi) is 4.59. The molecule has 1 aromatic carbocycles. The maximum Gasteiger partial charge on any atom is 0.336 e. The number of amides is 1. The van der Waals surface area contributed by atoms with Crippen molar-refractivity contribution in [3.05, 3.63) is 35.6 Å². The fraction of sp³-hybridized carbons (Fsp3) is 0.273. The summed E-state index contributed by atoms with van der Waals surface area (Å²) in [5.41, 5.74) is 0.113. The van der Waals surface area contributed by atoms with Crippen LogP contribution < -0.4 is 5.32 Å². The topological polar surface area (TPSA) is 75.6 Å². The van der Waals surface area contributed by atoms with Crippen molar-refractivity contribution in [2.75, 3.05) is 13.7 Å². The average molecular weight is 241 g/mol. The molecular formula is C11H12FNO4.